The van der Waals surface area contributed by atoms with E-state index in [-0.39, 0.29) is 29.3 Å². The van der Waals surface area contributed by atoms with Gasteiger partial charge in [0, 0.05) is 37.8 Å². The third kappa shape index (κ3) is 5.47. The van der Waals surface area contributed by atoms with Gasteiger partial charge in [0.25, 0.3) is 5.91 Å². The molecule has 1 aromatic carbocycles. The van der Waals surface area contributed by atoms with E-state index >= 15 is 0 Å². The van der Waals surface area contributed by atoms with Gasteiger partial charge in [-0.15, -0.1) is 12.4 Å². The van der Waals surface area contributed by atoms with Crippen molar-refractivity contribution in [3.63, 3.8) is 0 Å². The predicted octanol–water partition coefficient (Wildman–Crippen LogP) is 2.74. The van der Waals surface area contributed by atoms with Gasteiger partial charge in [-0.05, 0) is 76.3 Å². The predicted molar refractivity (Wildman–Crippen MR) is 113 cm³/mol. The molecule has 158 valence electrons. The topological polar surface area (TPSA) is 69.7 Å². The normalized spacial score (nSPS) is 18.4. The van der Waals surface area contributed by atoms with Crippen LogP contribution in [0.4, 0.5) is 0 Å². The summed E-state index contributed by atoms with van der Waals surface area (Å²) in [6.07, 6.45) is 4.65. The molecule has 0 unspecified atom stereocenters. The van der Waals surface area contributed by atoms with E-state index in [2.05, 4.69) is 5.32 Å². The van der Waals surface area contributed by atoms with E-state index in [0.717, 1.165) is 38.4 Å². The van der Waals surface area contributed by atoms with Gasteiger partial charge in [-0.3, -0.25) is 4.79 Å². The minimum absolute atomic E-state index is 0. The van der Waals surface area contributed by atoms with Crippen LogP contribution in [0.1, 0.15) is 49.9 Å². The molecule has 8 heteroatoms. The van der Waals surface area contributed by atoms with Gasteiger partial charge in [-0.1, -0.05) is 0 Å². The molecule has 28 heavy (non-hydrogen) atoms. The van der Waals surface area contributed by atoms with Crippen LogP contribution in [0.2, 0.25) is 0 Å². The Kier molecular flexibility index (Phi) is 7.90. The Bertz CT molecular complexity index is 755. The van der Waals surface area contributed by atoms with E-state index in [1.807, 2.05) is 18.7 Å². The molecule has 0 bridgehead atoms. The van der Waals surface area contributed by atoms with Gasteiger partial charge in [0.05, 0.1) is 4.90 Å². The minimum Gasteiger partial charge on any atom is -0.339 e. The molecule has 1 heterocycles. The number of hydrogen-bond acceptors (Lipinski definition) is 4. The summed E-state index contributed by atoms with van der Waals surface area (Å²) in [7, 11) is -1.95. The van der Waals surface area contributed by atoms with Crippen molar-refractivity contribution in [2.24, 2.45) is 5.92 Å². The lowest BCUT2D eigenvalue weighted by molar-refractivity contribution is 0.0705. The van der Waals surface area contributed by atoms with Crippen LogP contribution in [0.15, 0.2) is 29.2 Å². The van der Waals surface area contributed by atoms with Crippen molar-refractivity contribution >= 4 is 28.3 Å². The fourth-order valence-electron chi connectivity index (χ4n) is 3.34. The number of rotatable bonds is 7. The van der Waals surface area contributed by atoms with Crippen LogP contribution in [-0.2, 0) is 10.0 Å². The average molecular weight is 430 g/mol. The first kappa shape index (κ1) is 23.1. The Morgan fingerprint density at radius 3 is 2.21 bits per heavy atom. The fraction of sp³-hybridized carbons (Fsp3) is 0.650. The molecule has 1 saturated heterocycles. The molecular formula is C20H32ClN3O3S. The molecule has 1 aliphatic heterocycles. The molecule has 1 aromatic rings. The molecular weight excluding hydrogens is 398 g/mol. The lowest BCUT2D eigenvalue weighted by Crippen LogP contribution is -2.45. The average Bonchev–Trinajstić information content (AvgIpc) is 3.50. The van der Waals surface area contributed by atoms with Gasteiger partial charge in [-0.25, -0.2) is 8.42 Å². The maximum absolute atomic E-state index is 12.7. The van der Waals surface area contributed by atoms with Crippen LogP contribution in [-0.4, -0.2) is 62.3 Å². The van der Waals surface area contributed by atoms with Crippen molar-refractivity contribution in [1.82, 2.24) is 14.5 Å². The summed E-state index contributed by atoms with van der Waals surface area (Å²) in [5, 5.41) is 3.62. The highest BCUT2D eigenvalue weighted by molar-refractivity contribution is 7.89. The zero-order chi connectivity index (χ0) is 19.6. The summed E-state index contributed by atoms with van der Waals surface area (Å²) in [4.78, 5) is 14.8. The first-order valence-corrected chi connectivity index (χ1v) is 11.3. The van der Waals surface area contributed by atoms with Crippen molar-refractivity contribution in [3.05, 3.63) is 29.8 Å². The lowest BCUT2D eigenvalue weighted by atomic mass is 10.0. The molecule has 6 nitrogen and oxygen atoms in total. The quantitative estimate of drug-likeness (QED) is 0.723. The maximum Gasteiger partial charge on any atom is 0.253 e. The molecule has 0 radical (unpaired) electrons. The number of nitrogens with zero attached hydrogens (tertiary/aromatic N) is 2. The number of benzene rings is 1. The number of hydrogen-bond donors (Lipinski definition) is 1. The molecule has 0 atom stereocenters. The third-order valence-electron chi connectivity index (χ3n) is 5.68. The lowest BCUT2D eigenvalue weighted by Gasteiger charge is -2.32. The van der Waals surface area contributed by atoms with E-state index in [4.69, 9.17) is 0 Å². The van der Waals surface area contributed by atoms with Crippen molar-refractivity contribution < 1.29 is 13.2 Å². The number of carbonyl (C=O) groups excluding carboxylic acids is 1. The number of likely N-dealkylation sites (tertiary alicyclic amines) is 1. The molecule has 0 spiro atoms. The van der Waals surface area contributed by atoms with Crippen LogP contribution >= 0.6 is 12.4 Å². The van der Waals surface area contributed by atoms with E-state index in [9.17, 15) is 13.2 Å². The molecule has 0 aromatic heterocycles. The number of amides is 1. The zero-order valence-electron chi connectivity index (χ0n) is 16.9. The number of piperidine rings is 1. The Hall–Kier alpha value is -1.15. The smallest absolute Gasteiger partial charge is 0.253 e. The van der Waals surface area contributed by atoms with Crippen molar-refractivity contribution in [2.75, 3.05) is 26.7 Å². The van der Waals surface area contributed by atoms with Crippen LogP contribution < -0.4 is 5.32 Å². The van der Waals surface area contributed by atoms with E-state index < -0.39 is 10.0 Å². The standard InChI is InChI=1S/C20H31N3O3S.ClH/c1-15(2)22(3)27(25,26)19-8-6-17(7-9-19)20(24)23-12-10-18(11-13-23)21-14-16-4-5-16;/h6-9,15-16,18,21H,4-5,10-14H2,1-3H3;1H. The highest BCUT2D eigenvalue weighted by atomic mass is 35.5. The minimum atomic E-state index is -3.52. The highest BCUT2D eigenvalue weighted by Gasteiger charge is 2.27. The van der Waals surface area contributed by atoms with Gasteiger partial charge in [0.15, 0.2) is 0 Å². The van der Waals surface area contributed by atoms with Crippen LogP contribution in [0.25, 0.3) is 0 Å². The van der Waals surface area contributed by atoms with Crippen LogP contribution in [0.5, 0.6) is 0 Å². The molecule has 2 aliphatic rings. The number of halogens is 1. The SMILES string of the molecule is CC(C)N(C)S(=O)(=O)c1ccc(C(=O)N2CCC(NCC3CC3)CC2)cc1.Cl. The van der Waals surface area contributed by atoms with Gasteiger partial charge >= 0.3 is 0 Å². The monoisotopic (exact) mass is 429 g/mol. The first-order chi connectivity index (χ1) is 12.8. The summed E-state index contributed by atoms with van der Waals surface area (Å²) in [6, 6.07) is 6.71. The fourth-order valence-corrected chi connectivity index (χ4v) is 4.71. The van der Waals surface area contributed by atoms with E-state index in [1.165, 1.54) is 29.3 Å². The summed E-state index contributed by atoms with van der Waals surface area (Å²) < 4.78 is 26.4. The third-order valence-corrected chi connectivity index (χ3v) is 7.73. The molecule has 3 rings (SSSR count). The molecule has 1 N–H and O–H groups in total. The second-order valence-corrected chi connectivity index (χ2v) is 10.1. The number of nitrogens with one attached hydrogen (secondary N) is 1. The van der Waals surface area contributed by atoms with E-state index in [1.54, 1.807) is 19.2 Å². The Morgan fingerprint density at radius 1 is 1.14 bits per heavy atom. The summed E-state index contributed by atoms with van der Waals surface area (Å²) in [6.45, 7) is 6.27. The maximum atomic E-state index is 12.7. The Labute approximate surface area is 175 Å². The molecule has 2 fully saturated rings. The molecule has 1 amide bonds. The summed E-state index contributed by atoms with van der Waals surface area (Å²) >= 11 is 0. The van der Waals surface area contributed by atoms with Gasteiger partial charge in [-0.2, -0.15) is 4.31 Å². The number of carbonyl (C=O) groups is 1. The Morgan fingerprint density at radius 2 is 1.71 bits per heavy atom. The summed E-state index contributed by atoms with van der Waals surface area (Å²) in [5.74, 6) is 0.853. The van der Waals surface area contributed by atoms with Crippen molar-refractivity contribution in [3.8, 4) is 0 Å². The highest BCUT2D eigenvalue weighted by Crippen LogP contribution is 2.28. The second kappa shape index (κ2) is 9.57. The van der Waals surface area contributed by atoms with Crippen molar-refractivity contribution in [2.45, 2.75) is 56.5 Å². The molecule has 1 saturated carbocycles. The van der Waals surface area contributed by atoms with Gasteiger partial charge in [0.2, 0.25) is 10.0 Å². The van der Waals surface area contributed by atoms with E-state index in [0.29, 0.717) is 11.6 Å². The number of sulfonamides is 1. The van der Waals surface area contributed by atoms with Crippen LogP contribution in [0.3, 0.4) is 0 Å². The van der Waals surface area contributed by atoms with Gasteiger partial charge < -0.3 is 10.2 Å². The van der Waals surface area contributed by atoms with Crippen molar-refractivity contribution in [1.29, 1.82) is 0 Å². The Balaban J connectivity index is 0.00000280. The summed E-state index contributed by atoms with van der Waals surface area (Å²) in [5.41, 5.74) is 0.547. The molecule has 1 aliphatic carbocycles. The largest absolute Gasteiger partial charge is 0.339 e. The second-order valence-electron chi connectivity index (χ2n) is 8.06. The van der Waals surface area contributed by atoms with Gasteiger partial charge in [0.1, 0.15) is 0 Å². The zero-order valence-corrected chi connectivity index (χ0v) is 18.6. The van der Waals surface area contributed by atoms with Crippen LogP contribution in [0, 0.1) is 5.92 Å². The first-order valence-electron chi connectivity index (χ1n) is 9.90.